The van der Waals surface area contributed by atoms with Gasteiger partial charge in [0.25, 0.3) is 0 Å². The molecule has 0 radical (unpaired) electrons. The van der Waals surface area contributed by atoms with Crippen molar-refractivity contribution in [3.05, 3.63) is 78.6 Å². The van der Waals surface area contributed by atoms with Gasteiger partial charge in [-0.05, 0) is 61.0 Å². The number of piperazine rings is 1. The summed E-state index contributed by atoms with van der Waals surface area (Å²) in [5.41, 5.74) is 7.32. The van der Waals surface area contributed by atoms with Gasteiger partial charge in [0.05, 0.1) is 11.9 Å². The molecule has 2 aromatic heterocycles. The Hall–Kier alpha value is -3.68. The highest BCUT2D eigenvalue weighted by Crippen LogP contribution is 2.27. The fourth-order valence-corrected chi connectivity index (χ4v) is 4.58. The third-order valence-corrected chi connectivity index (χ3v) is 6.53. The lowest BCUT2D eigenvalue weighted by atomic mass is 10.0. The molecule has 0 unspecified atom stereocenters. The third-order valence-electron chi connectivity index (χ3n) is 6.53. The Bertz CT molecular complexity index is 1320. The van der Waals surface area contributed by atoms with Crippen LogP contribution in [0, 0.1) is 0 Å². The van der Waals surface area contributed by atoms with E-state index in [2.05, 4.69) is 79.5 Å². The minimum atomic E-state index is -0.206. The second kappa shape index (κ2) is 10.3. The van der Waals surface area contributed by atoms with Gasteiger partial charge in [-0.2, -0.15) is 0 Å². The number of aromatic nitrogens is 2. The molecule has 0 bridgehead atoms. The Morgan fingerprint density at radius 2 is 1.71 bits per heavy atom. The van der Waals surface area contributed by atoms with E-state index >= 15 is 0 Å². The number of anilines is 1. The molecule has 180 valence electrons. The molecule has 2 N–H and O–H groups in total. The van der Waals surface area contributed by atoms with E-state index in [1.54, 1.807) is 0 Å². The van der Waals surface area contributed by atoms with Gasteiger partial charge in [0.2, 0.25) is 0 Å². The minimum Gasteiger partial charge on any atom is -0.338 e. The van der Waals surface area contributed by atoms with Gasteiger partial charge in [-0.25, -0.2) is 9.78 Å². The zero-order valence-corrected chi connectivity index (χ0v) is 20.4. The molecule has 3 heterocycles. The number of likely N-dealkylation sites (N-methyl/N-ethyl adjacent to an activating group) is 1. The number of hydrogen-bond acceptors (Lipinski definition) is 4. The van der Waals surface area contributed by atoms with Gasteiger partial charge in [-0.3, -0.25) is 9.30 Å². The first-order valence-electron chi connectivity index (χ1n) is 12.2. The number of carbonyl (C=O) groups excluding carboxylic acids is 1. The number of nitrogens with zero attached hydrogens (tertiary/aromatic N) is 4. The average Bonchev–Trinajstić information content (AvgIpc) is 3.29. The molecule has 7 nitrogen and oxygen atoms in total. The summed E-state index contributed by atoms with van der Waals surface area (Å²) in [5, 5.41) is 5.63. The second-order valence-electron chi connectivity index (χ2n) is 9.13. The van der Waals surface area contributed by atoms with Crippen LogP contribution in [0.2, 0.25) is 0 Å². The number of carbonyl (C=O) groups is 1. The molecule has 35 heavy (non-hydrogen) atoms. The highest BCUT2D eigenvalue weighted by Gasteiger charge is 2.14. The van der Waals surface area contributed by atoms with Crippen molar-refractivity contribution in [2.75, 3.05) is 45.1 Å². The van der Waals surface area contributed by atoms with Crippen LogP contribution in [0.4, 0.5) is 10.5 Å². The Balaban J connectivity index is 1.36. The molecule has 4 aromatic rings. The summed E-state index contributed by atoms with van der Waals surface area (Å²) in [5.74, 6) is 0. The lowest BCUT2D eigenvalue weighted by Crippen LogP contribution is -2.43. The van der Waals surface area contributed by atoms with Crippen molar-refractivity contribution >= 4 is 17.4 Å². The molecule has 0 aliphatic carbocycles. The third kappa shape index (κ3) is 5.37. The van der Waals surface area contributed by atoms with E-state index in [1.807, 2.05) is 37.4 Å². The first kappa shape index (κ1) is 23.1. The van der Waals surface area contributed by atoms with Crippen molar-refractivity contribution < 1.29 is 4.79 Å². The first-order chi connectivity index (χ1) is 17.1. The number of pyridine rings is 1. The molecule has 1 saturated heterocycles. The zero-order valence-electron chi connectivity index (χ0n) is 20.4. The Labute approximate surface area is 206 Å². The maximum Gasteiger partial charge on any atom is 0.319 e. The van der Waals surface area contributed by atoms with Crippen LogP contribution >= 0.6 is 0 Å². The quantitative estimate of drug-likeness (QED) is 0.436. The van der Waals surface area contributed by atoms with E-state index in [1.165, 1.54) is 11.1 Å². The number of amides is 2. The predicted molar refractivity (Wildman–Crippen MR) is 142 cm³/mol. The maximum atomic E-state index is 11.9. The van der Waals surface area contributed by atoms with E-state index in [4.69, 9.17) is 0 Å². The van der Waals surface area contributed by atoms with Crippen LogP contribution in [-0.2, 0) is 6.54 Å². The summed E-state index contributed by atoms with van der Waals surface area (Å²) in [7, 11) is 2.19. The van der Waals surface area contributed by atoms with Crippen molar-refractivity contribution in [3.8, 4) is 22.4 Å². The highest BCUT2D eigenvalue weighted by atomic mass is 16.2. The molecular weight excluding hydrogens is 436 g/mol. The van der Waals surface area contributed by atoms with Gasteiger partial charge in [-0.1, -0.05) is 30.3 Å². The number of imidazole rings is 1. The van der Waals surface area contributed by atoms with Gasteiger partial charge >= 0.3 is 6.03 Å². The standard InChI is InChI=1S/C28H32N6O/c1-3-29-28(35)31-25-9-5-8-24(17-25)26-19-30-27-18-23(10-11-34(26)27)22-7-4-6-21(16-22)20-33-14-12-32(2)13-15-33/h4-11,16-19H,3,12-15,20H2,1-2H3,(H2,29,31,35). The van der Waals surface area contributed by atoms with Crippen molar-refractivity contribution in [2.24, 2.45) is 0 Å². The molecule has 2 amide bonds. The summed E-state index contributed by atoms with van der Waals surface area (Å²) in [6.07, 6.45) is 3.96. The first-order valence-corrected chi connectivity index (χ1v) is 12.2. The van der Waals surface area contributed by atoms with Crippen molar-refractivity contribution in [2.45, 2.75) is 13.5 Å². The molecule has 1 fully saturated rings. The summed E-state index contributed by atoms with van der Waals surface area (Å²) >= 11 is 0. The molecule has 1 aliphatic heterocycles. The van der Waals surface area contributed by atoms with E-state index in [-0.39, 0.29) is 6.03 Å². The topological polar surface area (TPSA) is 64.9 Å². The van der Waals surface area contributed by atoms with Crippen molar-refractivity contribution in [1.82, 2.24) is 24.5 Å². The van der Waals surface area contributed by atoms with Crippen molar-refractivity contribution in [1.29, 1.82) is 0 Å². The number of urea groups is 1. The monoisotopic (exact) mass is 468 g/mol. The molecule has 5 rings (SSSR count). The van der Waals surface area contributed by atoms with E-state index in [0.29, 0.717) is 6.54 Å². The zero-order chi connectivity index (χ0) is 24.2. The number of nitrogens with one attached hydrogen (secondary N) is 2. The molecule has 1 aliphatic rings. The van der Waals surface area contributed by atoms with Crippen LogP contribution in [0.5, 0.6) is 0 Å². The molecule has 2 aromatic carbocycles. The lowest BCUT2D eigenvalue weighted by Gasteiger charge is -2.32. The molecule has 0 atom stereocenters. The predicted octanol–water partition coefficient (Wildman–Crippen LogP) is 4.56. The Kier molecular flexibility index (Phi) is 6.79. The molecule has 7 heteroatoms. The fourth-order valence-electron chi connectivity index (χ4n) is 4.58. The summed E-state index contributed by atoms with van der Waals surface area (Å²) < 4.78 is 2.09. The number of fused-ring (bicyclic) bond motifs is 1. The lowest BCUT2D eigenvalue weighted by molar-refractivity contribution is 0.148. The van der Waals surface area contributed by atoms with Gasteiger partial charge in [0.1, 0.15) is 5.65 Å². The van der Waals surface area contributed by atoms with E-state index in [0.717, 1.165) is 60.9 Å². The number of hydrogen-bond donors (Lipinski definition) is 2. The minimum absolute atomic E-state index is 0.206. The smallest absolute Gasteiger partial charge is 0.319 e. The summed E-state index contributed by atoms with van der Waals surface area (Å²) in [4.78, 5) is 21.5. The van der Waals surface area contributed by atoms with Crippen molar-refractivity contribution in [3.63, 3.8) is 0 Å². The van der Waals surface area contributed by atoms with Gasteiger partial charge in [0.15, 0.2) is 0 Å². The number of benzene rings is 2. The average molecular weight is 469 g/mol. The van der Waals surface area contributed by atoms with Crippen LogP contribution in [0.15, 0.2) is 73.1 Å². The van der Waals surface area contributed by atoms with Gasteiger partial charge in [0, 0.05) is 56.7 Å². The van der Waals surface area contributed by atoms with E-state index in [9.17, 15) is 4.79 Å². The summed E-state index contributed by atoms with van der Waals surface area (Å²) in [6.45, 7) is 7.95. The van der Waals surface area contributed by atoms with Crippen LogP contribution in [-0.4, -0.2) is 65.0 Å². The van der Waals surface area contributed by atoms with Gasteiger partial charge < -0.3 is 15.5 Å². The molecule has 0 saturated carbocycles. The fraction of sp³-hybridized carbons (Fsp3) is 0.286. The Morgan fingerprint density at radius 1 is 0.943 bits per heavy atom. The number of rotatable bonds is 6. The Morgan fingerprint density at radius 3 is 2.54 bits per heavy atom. The van der Waals surface area contributed by atoms with Crippen LogP contribution in [0.1, 0.15) is 12.5 Å². The molecular formula is C28H32N6O. The van der Waals surface area contributed by atoms with Gasteiger partial charge in [-0.15, -0.1) is 0 Å². The van der Waals surface area contributed by atoms with E-state index < -0.39 is 0 Å². The normalized spacial score (nSPS) is 14.8. The summed E-state index contributed by atoms with van der Waals surface area (Å²) in [6, 6.07) is 20.7. The van der Waals surface area contributed by atoms with Crippen LogP contribution in [0.25, 0.3) is 28.0 Å². The van der Waals surface area contributed by atoms with Crippen LogP contribution < -0.4 is 10.6 Å². The second-order valence-corrected chi connectivity index (χ2v) is 9.13. The molecule has 0 spiro atoms. The SMILES string of the molecule is CCNC(=O)Nc1cccc(-c2cnc3cc(-c4cccc(CN5CCN(C)CC5)c4)ccn23)c1. The largest absolute Gasteiger partial charge is 0.338 e. The maximum absolute atomic E-state index is 11.9. The van der Waals surface area contributed by atoms with Crippen LogP contribution in [0.3, 0.4) is 0 Å². The highest BCUT2D eigenvalue weighted by molar-refractivity contribution is 5.90.